The number of hydrogen-bond donors (Lipinski definition) is 1. The van der Waals surface area contributed by atoms with E-state index in [9.17, 15) is 0 Å². The van der Waals surface area contributed by atoms with Gasteiger partial charge in [-0.1, -0.05) is 6.92 Å². The van der Waals surface area contributed by atoms with Gasteiger partial charge in [-0.25, -0.2) is 4.98 Å². The van der Waals surface area contributed by atoms with Crippen molar-refractivity contribution in [3.8, 4) is 5.88 Å². The molecule has 0 atom stereocenters. The summed E-state index contributed by atoms with van der Waals surface area (Å²) in [6, 6.07) is 0.761. The fourth-order valence-electron chi connectivity index (χ4n) is 1.84. The summed E-state index contributed by atoms with van der Waals surface area (Å²) in [5, 5.41) is 0. The first kappa shape index (κ1) is 13.1. The molecule has 0 aliphatic heterocycles. The second-order valence-electron chi connectivity index (χ2n) is 4.87. The van der Waals surface area contributed by atoms with E-state index >= 15 is 0 Å². The molecule has 2 rings (SSSR count). The first-order valence-corrected chi connectivity index (χ1v) is 6.57. The summed E-state index contributed by atoms with van der Waals surface area (Å²) in [5.41, 5.74) is 6.68. The molecular formula is C13H22N4O. The van der Waals surface area contributed by atoms with Crippen LogP contribution >= 0.6 is 0 Å². The number of nitrogens with two attached hydrogens (primary N) is 1. The van der Waals surface area contributed by atoms with Gasteiger partial charge in [0, 0.05) is 19.0 Å². The topological polar surface area (TPSA) is 64.3 Å². The molecule has 2 N–H and O–H groups in total. The Kier molecular flexibility index (Phi) is 4.01. The molecule has 0 amide bonds. The third kappa shape index (κ3) is 3.10. The zero-order valence-corrected chi connectivity index (χ0v) is 11.4. The molecule has 1 fully saturated rings. The highest BCUT2D eigenvalue weighted by atomic mass is 16.5. The number of rotatable bonds is 6. The van der Waals surface area contributed by atoms with Crippen molar-refractivity contribution >= 4 is 5.82 Å². The molecule has 1 aromatic heterocycles. The number of anilines is 1. The SMILES string of the molecule is CCc1nc(N)c(C)c(OCCN(C)C2CC2)n1. The number of likely N-dealkylation sites (N-methyl/N-ethyl adjacent to an activating group) is 1. The van der Waals surface area contributed by atoms with Crippen molar-refractivity contribution in [1.29, 1.82) is 0 Å². The van der Waals surface area contributed by atoms with Crippen LogP contribution in [0.3, 0.4) is 0 Å². The van der Waals surface area contributed by atoms with Crippen molar-refractivity contribution in [1.82, 2.24) is 14.9 Å². The highest BCUT2D eigenvalue weighted by molar-refractivity contribution is 5.44. The second kappa shape index (κ2) is 5.52. The largest absolute Gasteiger partial charge is 0.476 e. The average molecular weight is 250 g/mol. The van der Waals surface area contributed by atoms with Gasteiger partial charge in [0.25, 0.3) is 0 Å². The van der Waals surface area contributed by atoms with E-state index in [1.54, 1.807) is 0 Å². The monoisotopic (exact) mass is 250 g/mol. The third-order valence-corrected chi connectivity index (χ3v) is 3.35. The van der Waals surface area contributed by atoms with Gasteiger partial charge < -0.3 is 15.4 Å². The molecule has 5 heteroatoms. The van der Waals surface area contributed by atoms with Crippen molar-refractivity contribution in [2.75, 3.05) is 25.9 Å². The zero-order valence-electron chi connectivity index (χ0n) is 11.4. The van der Waals surface area contributed by atoms with Crippen molar-refractivity contribution in [3.63, 3.8) is 0 Å². The van der Waals surface area contributed by atoms with Crippen LogP contribution in [0.15, 0.2) is 0 Å². The molecule has 1 aliphatic carbocycles. The molecule has 18 heavy (non-hydrogen) atoms. The number of ether oxygens (including phenoxy) is 1. The van der Waals surface area contributed by atoms with Crippen LogP contribution in [0.2, 0.25) is 0 Å². The summed E-state index contributed by atoms with van der Waals surface area (Å²) in [7, 11) is 2.14. The van der Waals surface area contributed by atoms with Gasteiger partial charge in [0.2, 0.25) is 5.88 Å². The Morgan fingerprint density at radius 2 is 2.11 bits per heavy atom. The van der Waals surface area contributed by atoms with Crippen LogP contribution < -0.4 is 10.5 Å². The van der Waals surface area contributed by atoms with E-state index in [2.05, 4.69) is 21.9 Å². The Morgan fingerprint density at radius 1 is 1.39 bits per heavy atom. The smallest absolute Gasteiger partial charge is 0.221 e. The summed E-state index contributed by atoms with van der Waals surface area (Å²) < 4.78 is 5.74. The number of aryl methyl sites for hydroxylation is 1. The predicted octanol–water partition coefficient (Wildman–Crippen LogP) is 1.40. The second-order valence-corrected chi connectivity index (χ2v) is 4.87. The van der Waals surface area contributed by atoms with E-state index in [0.717, 1.165) is 30.4 Å². The quantitative estimate of drug-likeness (QED) is 0.827. The van der Waals surface area contributed by atoms with Crippen LogP contribution in [-0.4, -0.2) is 41.1 Å². The summed E-state index contributed by atoms with van der Waals surface area (Å²) in [6.45, 7) is 5.48. The predicted molar refractivity (Wildman–Crippen MR) is 71.7 cm³/mol. The minimum absolute atomic E-state index is 0.521. The Hall–Kier alpha value is -1.36. The van der Waals surface area contributed by atoms with Gasteiger partial charge in [0.15, 0.2) is 0 Å². The fraction of sp³-hybridized carbons (Fsp3) is 0.692. The molecule has 1 aromatic rings. The number of nitrogens with zero attached hydrogens (tertiary/aromatic N) is 3. The fourth-order valence-corrected chi connectivity index (χ4v) is 1.84. The van der Waals surface area contributed by atoms with Gasteiger partial charge in [-0.15, -0.1) is 0 Å². The maximum absolute atomic E-state index is 5.85. The molecule has 0 aromatic carbocycles. The standard InChI is InChI=1S/C13H22N4O/c1-4-11-15-12(14)9(2)13(16-11)18-8-7-17(3)10-5-6-10/h10H,4-8H2,1-3H3,(H2,14,15,16). The van der Waals surface area contributed by atoms with Gasteiger partial charge in [-0.05, 0) is 26.8 Å². The number of nitrogen functional groups attached to an aromatic ring is 1. The van der Waals surface area contributed by atoms with Crippen molar-refractivity contribution in [2.24, 2.45) is 0 Å². The summed E-state index contributed by atoms with van der Waals surface area (Å²) in [5.74, 6) is 1.89. The van der Waals surface area contributed by atoms with Gasteiger partial charge in [0.05, 0.1) is 5.56 Å². The van der Waals surface area contributed by atoms with E-state index in [4.69, 9.17) is 10.5 Å². The normalized spacial score (nSPS) is 15.1. The van der Waals surface area contributed by atoms with Crippen LogP contribution in [0.1, 0.15) is 31.2 Å². The number of hydrogen-bond acceptors (Lipinski definition) is 5. The summed E-state index contributed by atoms with van der Waals surface area (Å²) in [4.78, 5) is 10.9. The molecule has 1 aliphatic rings. The lowest BCUT2D eigenvalue weighted by molar-refractivity contribution is 0.225. The van der Waals surface area contributed by atoms with Crippen LogP contribution in [0.4, 0.5) is 5.82 Å². The van der Waals surface area contributed by atoms with Crippen molar-refractivity contribution in [3.05, 3.63) is 11.4 Å². The molecule has 1 saturated carbocycles. The molecule has 100 valence electrons. The molecule has 0 radical (unpaired) electrons. The van der Waals surface area contributed by atoms with Crippen LogP contribution in [0.25, 0.3) is 0 Å². The lowest BCUT2D eigenvalue weighted by atomic mass is 10.3. The summed E-state index contributed by atoms with van der Waals surface area (Å²) >= 11 is 0. The lowest BCUT2D eigenvalue weighted by Gasteiger charge is -2.16. The van der Waals surface area contributed by atoms with Crippen molar-refractivity contribution < 1.29 is 4.74 Å². The number of aromatic nitrogens is 2. The molecule has 0 bridgehead atoms. The Morgan fingerprint density at radius 3 is 2.72 bits per heavy atom. The molecule has 0 spiro atoms. The molecular weight excluding hydrogens is 228 g/mol. The lowest BCUT2D eigenvalue weighted by Crippen LogP contribution is -2.26. The van der Waals surface area contributed by atoms with Gasteiger partial charge in [-0.2, -0.15) is 4.98 Å². The van der Waals surface area contributed by atoms with E-state index in [1.165, 1.54) is 12.8 Å². The Bertz CT molecular complexity index is 418. The minimum Gasteiger partial charge on any atom is -0.476 e. The summed E-state index contributed by atoms with van der Waals surface area (Å²) in [6.07, 6.45) is 3.40. The maximum atomic E-state index is 5.85. The van der Waals surface area contributed by atoms with Crippen LogP contribution in [0.5, 0.6) is 5.88 Å². The highest BCUT2D eigenvalue weighted by Gasteiger charge is 2.25. The van der Waals surface area contributed by atoms with Gasteiger partial charge in [-0.3, -0.25) is 0 Å². The van der Waals surface area contributed by atoms with E-state index in [-0.39, 0.29) is 0 Å². The molecule has 0 unspecified atom stereocenters. The Balaban J connectivity index is 1.93. The maximum Gasteiger partial charge on any atom is 0.221 e. The van der Waals surface area contributed by atoms with Crippen LogP contribution in [-0.2, 0) is 6.42 Å². The van der Waals surface area contributed by atoms with E-state index in [1.807, 2.05) is 13.8 Å². The average Bonchev–Trinajstić information content (AvgIpc) is 3.18. The zero-order chi connectivity index (χ0) is 13.1. The minimum atomic E-state index is 0.521. The molecule has 5 nitrogen and oxygen atoms in total. The highest BCUT2D eigenvalue weighted by Crippen LogP contribution is 2.25. The molecule has 1 heterocycles. The van der Waals surface area contributed by atoms with E-state index in [0.29, 0.717) is 18.3 Å². The third-order valence-electron chi connectivity index (χ3n) is 3.35. The Labute approximate surface area is 108 Å². The van der Waals surface area contributed by atoms with Gasteiger partial charge in [0.1, 0.15) is 18.2 Å². The van der Waals surface area contributed by atoms with Crippen LogP contribution in [0, 0.1) is 6.92 Å². The first-order valence-electron chi connectivity index (χ1n) is 6.57. The van der Waals surface area contributed by atoms with Crippen molar-refractivity contribution in [2.45, 2.75) is 39.2 Å². The first-order chi connectivity index (χ1) is 8.61. The van der Waals surface area contributed by atoms with Gasteiger partial charge >= 0.3 is 0 Å². The van der Waals surface area contributed by atoms with E-state index < -0.39 is 0 Å². The molecule has 0 saturated heterocycles.